The molecular formula is C25H28GeN+. The van der Waals surface area contributed by atoms with E-state index in [1.807, 2.05) is 4.40 Å². The van der Waals surface area contributed by atoms with Crippen molar-refractivity contribution in [2.45, 2.75) is 41.9 Å². The van der Waals surface area contributed by atoms with Crippen LogP contribution < -0.4 is 8.96 Å². The first-order chi connectivity index (χ1) is 13.2. The van der Waals surface area contributed by atoms with E-state index in [9.17, 15) is 0 Å². The van der Waals surface area contributed by atoms with E-state index in [-0.39, 0.29) is 0 Å². The fraction of sp³-hybridized carbons (Fsp3) is 0.320. The molecule has 1 fully saturated rings. The molecule has 5 rings (SSSR count). The Morgan fingerprint density at radius 3 is 2.37 bits per heavy atom. The van der Waals surface area contributed by atoms with Gasteiger partial charge in [0.15, 0.2) is 0 Å². The summed E-state index contributed by atoms with van der Waals surface area (Å²) >= 11 is -1.75. The summed E-state index contributed by atoms with van der Waals surface area (Å²) in [6.45, 7) is 2.27. The predicted molar refractivity (Wildman–Crippen MR) is 116 cm³/mol. The molecule has 0 unspecified atom stereocenters. The van der Waals surface area contributed by atoms with Gasteiger partial charge in [0.25, 0.3) is 0 Å². The molecule has 0 aliphatic carbocycles. The summed E-state index contributed by atoms with van der Waals surface area (Å²) in [6, 6.07) is 20.3. The molecule has 136 valence electrons. The van der Waals surface area contributed by atoms with Crippen molar-refractivity contribution in [2.24, 2.45) is 7.05 Å². The summed E-state index contributed by atoms with van der Waals surface area (Å²) in [5, 5.41) is 4.70. The molecular weight excluding hydrogens is 387 g/mol. The van der Waals surface area contributed by atoms with Crippen LogP contribution in [-0.4, -0.2) is 13.3 Å². The first-order valence-electron chi connectivity index (χ1n) is 10.4. The van der Waals surface area contributed by atoms with Crippen LogP contribution in [0.5, 0.6) is 0 Å². The molecule has 0 N–H and O–H groups in total. The molecule has 2 heteroatoms. The van der Waals surface area contributed by atoms with E-state index in [2.05, 4.69) is 79.3 Å². The van der Waals surface area contributed by atoms with Crippen LogP contribution in [0, 0.1) is 6.92 Å². The summed E-state index contributed by atoms with van der Waals surface area (Å²) in [6.07, 6.45) is 6.77. The van der Waals surface area contributed by atoms with Gasteiger partial charge >= 0.3 is 166 Å². The molecule has 2 aliphatic rings. The first-order valence-corrected chi connectivity index (χ1v) is 15.9. The Kier molecular flexibility index (Phi) is 4.24. The van der Waals surface area contributed by atoms with E-state index in [0.717, 1.165) is 0 Å². The topological polar surface area (TPSA) is 3.88 Å². The van der Waals surface area contributed by atoms with Gasteiger partial charge in [-0.3, -0.25) is 0 Å². The first kappa shape index (κ1) is 17.2. The minimum absolute atomic E-state index is 1.30. The van der Waals surface area contributed by atoms with Crippen LogP contribution in [-0.2, 0) is 13.5 Å². The van der Waals surface area contributed by atoms with Crippen molar-refractivity contribution in [1.29, 1.82) is 0 Å². The van der Waals surface area contributed by atoms with Gasteiger partial charge in [-0.05, 0) is 0 Å². The Bertz CT molecular complexity index is 1000. The summed E-state index contributed by atoms with van der Waals surface area (Å²) in [7, 11) is 2.23. The third kappa shape index (κ3) is 2.87. The van der Waals surface area contributed by atoms with Crippen LogP contribution >= 0.6 is 0 Å². The van der Waals surface area contributed by atoms with Gasteiger partial charge in [0, 0.05) is 0 Å². The second-order valence-corrected chi connectivity index (χ2v) is 18.2. The molecule has 2 aromatic carbocycles. The molecule has 0 atom stereocenters. The second-order valence-electron chi connectivity index (χ2n) is 8.59. The number of fused-ring (bicyclic) bond motifs is 2. The van der Waals surface area contributed by atoms with Crippen molar-refractivity contribution in [2.75, 3.05) is 0 Å². The van der Waals surface area contributed by atoms with Crippen molar-refractivity contribution < 1.29 is 4.57 Å². The fourth-order valence-corrected chi connectivity index (χ4v) is 17.0. The van der Waals surface area contributed by atoms with Gasteiger partial charge in [-0.2, -0.15) is 0 Å². The maximum atomic E-state index is 2.61. The normalized spacial score (nSPS) is 17.4. The van der Waals surface area contributed by atoms with E-state index in [1.54, 1.807) is 21.3 Å². The van der Waals surface area contributed by atoms with Crippen molar-refractivity contribution in [3.05, 3.63) is 71.9 Å². The third-order valence-corrected chi connectivity index (χ3v) is 18.4. The van der Waals surface area contributed by atoms with Gasteiger partial charge < -0.3 is 0 Å². The molecule has 1 nitrogen and oxygen atoms in total. The number of nitrogens with zero attached hydrogens (tertiary/aromatic N) is 1. The maximum absolute atomic E-state index is 2.61. The number of benzene rings is 2. The molecule has 3 heterocycles. The van der Waals surface area contributed by atoms with E-state index >= 15 is 0 Å². The van der Waals surface area contributed by atoms with E-state index in [1.165, 1.54) is 47.2 Å². The Balaban J connectivity index is 1.59. The van der Waals surface area contributed by atoms with Crippen molar-refractivity contribution in [1.82, 2.24) is 0 Å². The molecule has 0 bridgehead atoms. The summed E-state index contributed by atoms with van der Waals surface area (Å²) < 4.78 is 4.21. The standard InChI is InChI=1S/C25H28GeN/c1-19-16-21(20-8-4-3-5-9-20)10-11-23(19)25-17-24-22(18-27(25)2)12-15-26(24)13-6-7-14-26/h3-5,8-11,16-18H,6-7,12-15H2,1-2H3/q+1. The van der Waals surface area contributed by atoms with Gasteiger partial charge in [0.05, 0.1) is 0 Å². The third-order valence-electron chi connectivity index (χ3n) is 6.97. The Morgan fingerprint density at radius 2 is 1.63 bits per heavy atom. The molecule has 0 radical (unpaired) electrons. The fourth-order valence-electron chi connectivity index (χ4n) is 5.51. The zero-order valence-corrected chi connectivity index (χ0v) is 18.6. The average molecular weight is 415 g/mol. The quantitative estimate of drug-likeness (QED) is 0.402. The number of hydrogen-bond acceptors (Lipinski definition) is 0. The zero-order valence-electron chi connectivity index (χ0n) is 16.5. The van der Waals surface area contributed by atoms with E-state index < -0.39 is 13.3 Å². The Morgan fingerprint density at radius 1 is 0.852 bits per heavy atom. The number of aryl methyl sites for hydroxylation is 3. The van der Waals surface area contributed by atoms with Crippen LogP contribution in [0.1, 0.15) is 24.0 Å². The van der Waals surface area contributed by atoms with Crippen LogP contribution in [0.4, 0.5) is 0 Å². The van der Waals surface area contributed by atoms with Crippen LogP contribution in [0.25, 0.3) is 22.4 Å². The monoisotopic (exact) mass is 416 g/mol. The summed E-state index contributed by atoms with van der Waals surface area (Å²) in [4.78, 5) is 0. The summed E-state index contributed by atoms with van der Waals surface area (Å²) in [5.41, 5.74) is 8.45. The molecule has 2 aliphatic heterocycles. The van der Waals surface area contributed by atoms with Crippen molar-refractivity contribution >= 4 is 17.7 Å². The molecule has 1 aromatic heterocycles. The van der Waals surface area contributed by atoms with Crippen molar-refractivity contribution in [3.8, 4) is 22.4 Å². The van der Waals surface area contributed by atoms with Crippen LogP contribution in [0.3, 0.4) is 0 Å². The summed E-state index contributed by atoms with van der Waals surface area (Å²) in [5.74, 6) is 0. The van der Waals surface area contributed by atoms with Crippen molar-refractivity contribution in [3.63, 3.8) is 0 Å². The second kappa shape index (κ2) is 6.63. The van der Waals surface area contributed by atoms with Gasteiger partial charge in [-0.15, -0.1) is 0 Å². The van der Waals surface area contributed by atoms with Crippen LogP contribution in [0.15, 0.2) is 60.8 Å². The van der Waals surface area contributed by atoms with Gasteiger partial charge in [-0.25, -0.2) is 0 Å². The van der Waals surface area contributed by atoms with Gasteiger partial charge in [0.1, 0.15) is 0 Å². The van der Waals surface area contributed by atoms with Gasteiger partial charge in [-0.1, -0.05) is 0 Å². The predicted octanol–water partition coefficient (Wildman–Crippen LogP) is 5.16. The molecule has 3 aromatic rings. The SMILES string of the molecule is Cc1cc(-c2ccccc2)ccc1-c1c[c]2c(c[n+]1C)C[CH2][Ge]21[CH2]CC[CH2]1. The number of aromatic nitrogens is 1. The zero-order chi connectivity index (χ0) is 18.4. The number of rotatable bonds is 2. The average Bonchev–Trinajstić information content (AvgIpc) is 3.30. The number of pyridine rings is 1. The molecule has 27 heavy (non-hydrogen) atoms. The Labute approximate surface area is 165 Å². The van der Waals surface area contributed by atoms with E-state index in [4.69, 9.17) is 0 Å². The van der Waals surface area contributed by atoms with Gasteiger partial charge in [0.2, 0.25) is 0 Å². The molecule has 0 amide bonds. The molecule has 1 spiro atoms. The van der Waals surface area contributed by atoms with Crippen LogP contribution in [0.2, 0.25) is 15.8 Å². The Hall–Kier alpha value is -1.87. The minimum atomic E-state index is -1.75. The van der Waals surface area contributed by atoms with E-state index in [0.29, 0.717) is 0 Å². The molecule has 1 saturated heterocycles. The molecule has 0 saturated carbocycles. The number of hydrogen-bond donors (Lipinski definition) is 0.